The van der Waals surface area contributed by atoms with E-state index in [0.717, 1.165) is 39.4 Å². The molecule has 36 heavy (non-hydrogen) atoms. The predicted molar refractivity (Wildman–Crippen MR) is 144 cm³/mol. The Morgan fingerprint density at radius 2 is 1.78 bits per heavy atom. The number of hydrogen-bond donors (Lipinski definition) is 4. The number of aromatic amines is 1. The van der Waals surface area contributed by atoms with E-state index in [1.54, 1.807) is 0 Å². The summed E-state index contributed by atoms with van der Waals surface area (Å²) in [5.74, 6) is 1.89. The van der Waals surface area contributed by atoms with Gasteiger partial charge in [-0.1, -0.05) is 51.1 Å². The van der Waals surface area contributed by atoms with Gasteiger partial charge in [-0.3, -0.25) is 0 Å². The standard InChI is InChI=1S/C26H31N7O2S/c1-16-22(17-8-6-5-7-9-17)32-25(33-23(16)27-15-28-36(34,35)19-11-12-19)29-18-10-13-20-21(14-18)31-24(30-20)26(2,3)4/h5-10,13-14,19,28H,11-12,15H2,1-4H3,(H,30,31)(H2,27,29,32,33). The molecule has 0 amide bonds. The number of rotatable bonds is 8. The molecule has 10 heteroatoms. The Morgan fingerprint density at radius 1 is 1.03 bits per heavy atom. The predicted octanol–water partition coefficient (Wildman–Crippen LogP) is 4.82. The molecule has 4 aromatic rings. The van der Waals surface area contributed by atoms with Crippen molar-refractivity contribution in [1.82, 2.24) is 24.7 Å². The molecule has 2 aromatic carbocycles. The number of aromatic nitrogens is 4. The van der Waals surface area contributed by atoms with Gasteiger partial charge in [0.05, 0.1) is 28.6 Å². The highest BCUT2D eigenvalue weighted by Gasteiger charge is 2.35. The van der Waals surface area contributed by atoms with Gasteiger partial charge in [0.1, 0.15) is 11.6 Å². The normalized spacial score (nSPS) is 14.2. The molecule has 0 atom stereocenters. The maximum absolute atomic E-state index is 12.2. The number of anilines is 3. The zero-order valence-electron chi connectivity index (χ0n) is 20.9. The SMILES string of the molecule is Cc1c(NCNS(=O)(=O)C2CC2)nc(Nc2ccc3nc(C(C)(C)C)[nH]c3c2)nc1-c1ccccc1. The number of fused-ring (bicyclic) bond motifs is 1. The summed E-state index contributed by atoms with van der Waals surface area (Å²) in [7, 11) is -3.30. The summed E-state index contributed by atoms with van der Waals surface area (Å²) in [6.45, 7) is 8.34. The highest BCUT2D eigenvalue weighted by molar-refractivity contribution is 7.90. The van der Waals surface area contributed by atoms with Crippen molar-refractivity contribution in [2.24, 2.45) is 0 Å². The van der Waals surface area contributed by atoms with Crippen molar-refractivity contribution in [2.75, 3.05) is 17.3 Å². The summed E-state index contributed by atoms with van der Waals surface area (Å²) < 4.78 is 27.1. The van der Waals surface area contributed by atoms with Crippen LogP contribution in [0.3, 0.4) is 0 Å². The van der Waals surface area contributed by atoms with Crippen LogP contribution < -0.4 is 15.4 Å². The zero-order valence-corrected chi connectivity index (χ0v) is 21.7. The van der Waals surface area contributed by atoms with Crippen molar-refractivity contribution >= 4 is 38.5 Å². The molecule has 1 aliphatic rings. The molecule has 1 aliphatic carbocycles. The molecule has 0 unspecified atom stereocenters. The molecule has 188 valence electrons. The first-order valence-electron chi connectivity index (χ1n) is 12.0. The fraction of sp³-hybridized carbons (Fsp3) is 0.346. The molecule has 9 nitrogen and oxygen atoms in total. The number of imidazole rings is 1. The van der Waals surface area contributed by atoms with Crippen molar-refractivity contribution in [3.63, 3.8) is 0 Å². The van der Waals surface area contributed by atoms with Crippen molar-refractivity contribution in [2.45, 2.75) is 51.2 Å². The molecule has 2 heterocycles. The largest absolute Gasteiger partial charge is 0.356 e. The quantitative estimate of drug-likeness (QED) is 0.253. The maximum Gasteiger partial charge on any atom is 0.229 e. The second-order valence-corrected chi connectivity index (χ2v) is 12.2. The third-order valence-corrected chi connectivity index (χ3v) is 8.03. The molecule has 1 fully saturated rings. The Kier molecular flexibility index (Phi) is 6.17. The summed E-state index contributed by atoms with van der Waals surface area (Å²) >= 11 is 0. The van der Waals surface area contributed by atoms with Crippen molar-refractivity contribution in [3.05, 3.63) is 59.9 Å². The van der Waals surface area contributed by atoms with Crippen LogP contribution in [0.4, 0.5) is 17.5 Å². The first kappa shape index (κ1) is 24.2. The third kappa shape index (κ3) is 5.19. The van der Waals surface area contributed by atoms with E-state index in [2.05, 4.69) is 46.1 Å². The van der Waals surface area contributed by atoms with Gasteiger partial charge in [-0.25, -0.2) is 18.4 Å². The van der Waals surface area contributed by atoms with Crippen LogP contribution in [0, 0.1) is 6.92 Å². The van der Waals surface area contributed by atoms with E-state index in [9.17, 15) is 8.42 Å². The summed E-state index contributed by atoms with van der Waals surface area (Å²) in [6.07, 6.45) is 1.43. The minimum Gasteiger partial charge on any atom is -0.356 e. The Morgan fingerprint density at radius 3 is 2.47 bits per heavy atom. The number of sulfonamides is 1. The van der Waals surface area contributed by atoms with Gasteiger partial charge < -0.3 is 15.6 Å². The first-order valence-corrected chi connectivity index (χ1v) is 13.6. The van der Waals surface area contributed by atoms with Crippen LogP contribution in [0.25, 0.3) is 22.3 Å². The van der Waals surface area contributed by atoms with E-state index < -0.39 is 10.0 Å². The van der Waals surface area contributed by atoms with Gasteiger partial charge in [0.2, 0.25) is 16.0 Å². The Hall–Kier alpha value is -3.50. The van der Waals surface area contributed by atoms with Crippen LogP contribution in [-0.4, -0.2) is 40.3 Å². The third-order valence-electron chi connectivity index (χ3n) is 6.13. The number of benzene rings is 2. The maximum atomic E-state index is 12.2. The highest BCUT2D eigenvalue weighted by atomic mass is 32.2. The van der Waals surface area contributed by atoms with Crippen LogP contribution in [0.15, 0.2) is 48.5 Å². The second-order valence-electron chi connectivity index (χ2n) is 10.2. The summed E-state index contributed by atoms with van der Waals surface area (Å²) in [4.78, 5) is 17.6. The van der Waals surface area contributed by atoms with Crippen LogP contribution in [-0.2, 0) is 15.4 Å². The molecule has 0 bridgehead atoms. The summed E-state index contributed by atoms with van der Waals surface area (Å²) in [5, 5.41) is 6.17. The van der Waals surface area contributed by atoms with E-state index >= 15 is 0 Å². The lowest BCUT2D eigenvalue weighted by Crippen LogP contribution is -2.32. The van der Waals surface area contributed by atoms with Crippen molar-refractivity contribution in [3.8, 4) is 11.3 Å². The second kappa shape index (κ2) is 9.18. The van der Waals surface area contributed by atoms with Crippen LogP contribution >= 0.6 is 0 Å². The number of H-pyrrole nitrogens is 1. The minimum absolute atomic E-state index is 0.0556. The molecule has 0 saturated heterocycles. The van der Waals surface area contributed by atoms with Gasteiger partial charge in [0.25, 0.3) is 0 Å². The van der Waals surface area contributed by atoms with Crippen molar-refractivity contribution in [1.29, 1.82) is 0 Å². The molecule has 1 saturated carbocycles. The summed E-state index contributed by atoms with van der Waals surface area (Å²) in [5.41, 5.74) is 5.09. The van der Waals surface area contributed by atoms with E-state index in [4.69, 9.17) is 9.97 Å². The lowest BCUT2D eigenvalue weighted by Gasteiger charge is -2.15. The van der Waals surface area contributed by atoms with Gasteiger partial charge in [-0.15, -0.1) is 0 Å². The molecular weight excluding hydrogens is 474 g/mol. The lowest BCUT2D eigenvalue weighted by atomic mass is 9.96. The fourth-order valence-corrected chi connectivity index (χ4v) is 5.18. The van der Waals surface area contributed by atoms with Crippen LogP contribution in [0.1, 0.15) is 45.0 Å². The van der Waals surface area contributed by atoms with Gasteiger partial charge in [0, 0.05) is 22.2 Å². The minimum atomic E-state index is -3.30. The average Bonchev–Trinajstić information content (AvgIpc) is 3.61. The lowest BCUT2D eigenvalue weighted by molar-refractivity contribution is 0.554. The summed E-state index contributed by atoms with van der Waals surface area (Å²) in [6, 6.07) is 15.7. The number of nitrogens with zero attached hydrogens (tertiary/aromatic N) is 3. The Balaban J connectivity index is 1.45. The van der Waals surface area contributed by atoms with E-state index in [1.165, 1.54) is 0 Å². The van der Waals surface area contributed by atoms with E-state index in [-0.39, 0.29) is 17.3 Å². The first-order chi connectivity index (χ1) is 17.1. The molecular formula is C26H31N7O2S. The Bertz CT molecular complexity index is 1500. The van der Waals surface area contributed by atoms with E-state index in [1.807, 2.05) is 55.5 Å². The van der Waals surface area contributed by atoms with Gasteiger partial charge in [0.15, 0.2) is 0 Å². The van der Waals surface area contributed by atoms with Gasteiger partial charge in [-0.2, -0.15) is 9.71 Å². The van der Waals surface area contributed by atoms with Crippen LogP contribution in [0.2, 0.25) is 0 Å². The molecule has 0 spiro atoms. The molecule has 5 rings (SSSR count). The van der Waals surface area contributed by atoms with Gasteiger partial charge in [-0.05, 0) is 38.0 Å². The smallest absolute Gasteiger partial charge is 0.229 e. The fourth-order valence-electron chi connectivity index (χ4n) is 3.91. The zero-order chi connectivity index (χ0) is 25.5. The van der Waals surface area contributed by atoms with Crippen LogP contribution in [0.5, 0.6) is 0 Å². The topological polar surface area (TPSA) is 125 Å². The monoisotopic (exact) mass is 505 g/mol. The average molecular weight is 506 g/mol. The van der Waals surface area contributed by atoms with E-state index in [0.29, 0.717) is 24.6 Å². The molecule has 0 radical (unpaired) electrons. The molecule has 2 aromatic heterocycles. The highest BCUT2D eigenvalue weighted by Crippen LogP contribution is 2.30. The van der Waals surface area contributed by atoms with Gasteiger partial charge >= 0.3 is 0 Å². The number of hydrogen-bond acceptors (Lipinski definition) is 7. The number of nitrogens with one attached hydrogen (secondary N) is 4. The molecule has 0 aliphatic heterocycles. The molecule has 4 N–H and O–H groups in total. The Labute approximate surface area is 211 Å². The van der Waals surface area contributed by atoms with Crippen molar-refractivity contribution < 1.29 is 8.42 Å².